The van der Waals surface area contributed by atoms with Crippen molar-refractivity contribution >= 4 is 38.8 Å². The molecule has 1 amide bonds. The minimum atomic E-state index is -3.64. The van der Waals surface area contributed by atoms with Gasteiger partial charge in [0.2, 0.25) is 15.9 Å². The average molecular weight is 389 g/mol. The SMILES string of the molecule is CC(=O)c1ccc(NC(=O)CN(c2ccc(N(C)C)cc2)S(C)(=O)=O)cc1. The third-order valence-corrected chi connectivity index (χ3v) is 5.06. The van der Waals surface area contributed by atoms with Crippen LogP contribution in [0.5, 0.6) is 0 Å². The van der Waals surface area contributed by atoms with Gasteiger partial charge in [-0.25, -0.2) is 8.42 Å². The number of ketones is 1. The van der Waals surface area contributed by atoms with Gasteiger partial charge in [0.05, 0.1) is 11.9 Å². The maximum Gasteiger partial charge on any atom is 0.245 e. The van der Waals surface area contributed by atoms with E-state index in [4.69, 9.17) is 0 Å². The average Bonchev–Trinajstić information content (AvgIpc) is 2.59. The van der Waals surface area contributed by atoms with Crippen molar-refractivity contribution in [2.75, 3.05) is 41.4 Å². The number of amides is 1. The molecule has 0 spiro atoms. The highest BCUT2D eigenvalue weighted by molar-refractivity contribution is 7.92. The van der Waals surface area contributed by atoms with Crippen molar-refractivity contribution in [2.24, 2.45) is 0 Å². The van der Waals surface area contributed by atoms with Crippen LogP contribution in [0.2, 0.25) is 0 Å². The zero-order valence-electron chi connectivity index (χ0n) is 15.8. The Morgan fingerprint density at radius 2 is 1.44 bits per heavy atom. The van der Waals surface area contributed by atoms with E-state index in [0.717, 1.165) is 16.2 Å². The monoisotopic (exact) mass is 389 g/mol. The first kappa shape index (κ1) is 20.4. The molecule has 0 heterocycles. The molecule has 0 radical (unpaired) electrons. The van der Waals surface area contributed by atoms with Crippen LogP contribution in [0, 0.1) is 0 Å². The Morgan fingerprint density at radius 3 is 1.89 bits per heavy atom. The summed E-state index contributed by atoms with van der Waals surface area (Å²) in [5.41, 5.74) is 2.35. The Morgan fingerprint density at radius 1 is 0.926 bits per heavy atom. The van der Waals surface area contributed by atoms with E-state index in [1.165, 1.54) is 6.92 Å². The summed E-state index contributed by atoms with van der Waals surface area (Å²) in [6, 6.07) is 13.3. The second kappa shape index (κ2) is 8.22. The normalized spacial score (nSPS) is 11.0. The Balaban J connectivity index is 2.16. The number of rotatable bonds is 7. The van der Waals surface area contributed by atoms with Crippen LogP contribution in [-0.4, -0.2) is 47.0 Å². The van der Waals surface area contributed by atoms with Gasteiger partial charge in [-0.05, 0) is 55.5 Å². The molecule has 144 valence electrons. The molecular formula is C19H23N3O4S. The van der Waals surface area contributed by atoms with Crippen molar-refractivity contribution in [1.82, 2.24) is 0 Å². The van der Waals surface area contributed by atoms with E-state index >= 15 is 0 Å². The van der Waals surface area contributed by atoms with Gasteiger partial charge in [0.1, 0.15) is 6.54 Å². The number of Topliss-reactive ketones (excluding diaryl/α,β-unsaturated/α-hetero) is 1. The molecule has 0 aliphatic heterocycles. The van der Waals surface area contributed by atoms with E-state index in [2.05, 4.69) is 5.32 Å². The van der Waals surface area contributed by atoms with Crippen molar-refractivity contribution in [2.45, 2.75) is 6.92 Å². The van der Waals surface area contributed by atoms with Gasteiger partial charge in [0.25, 0.3) is 0 Å². The number of benzene rings is 2. The van der Waals surface area contributed by atoms with Crippen LogP contribution in [0.25, 0.3) is 0 Å². The van der Waals surface area contributed by atoms with Crippen LogP contribution in [0.1, 0.15) is 17.3 Å². The fraction of sp³-hybridized carbons (Fsp3) is 0.263. The minimum Gasteiger partial charge on any atom is -0.378 e. The molecule has 8 heteroatoms. The Labute approximate surface area is 159 Å². The summed E-state index contributed by atoms with van der Waals surface area (Å²) in [7, 11) is 0.124. The van der Waals surface area contributed by atoms with Crippen molar-refractivity contribution in [3.8, 4) is 0 Å². The Kier molecular flexibility index (Phi) is 6.22. The van der Waals surface area contributed by atoms with Crippen molar-refractivity contribution in [1.29, 1.82) is 0 Å². The van der Waals surface area contributed by atoms with E-state index in [-0.39, 0.29) is 12.3 Å². The van der Waals surface area contributed by atoms with Crippen LogP contribution < -0.4 is 14.5 Å². The van der Waals surface area contributed by atoms with E-state index in [1.54, 1.807) is 48.5 Å². The summed E-state index contributed by atoms with van der Waals surface area (Å²) >= 11 is 0. The number of carbonyl (C=O) groups excluding carboxylic acids is 2. The number of hydrogen-bond donors (Lipinski definition) is 1. The lowest BCUT2D eigenvalue weighted by atomic mass is 10.1. The number of carbonyl (C=O) groups is 2. The molecule has 0 aromatic heterocycles. The molecule has 1 N–H and O–H groups in total. The largest absolute Gasteiger partial charge is 0.378 e. The van der Waals surface area contributed by atoms with Gasteiger partial charge in [-0.15, -0.1) is 0 Å². The third-order valence-electron chi connectivity index (χ3n) is 3.92. The van der Waals surface area contributed by atoms with E-state index < -0.39 is 15.9 Å². The maximum atomic E-state index is 12.3. The molecule has 2 aromatic carbocycles. The molecule has 2 aromatic rings. The molecule has 0 saturated heterocycles. The Bertz CT molecular complexity index is 920. The first-order valence-corrected chi connectivity index (χ1v) is 10.1. The molecule has 0 bridgehead atoms. The fourth-order valence-corrected chi connectivity index (χ4v) is 3.29. The quantitative estimate of drug-likeness (QED) is 0.735. The molecular weight excluding hydrogens is 366 g/mol. The molecule has 0 atom stereocenters. The summed E-state index contributed by atoms with van der Waals surface area (Å²) in [4.78, 5) is 25.5. The molecule has 0 aliphatic rings. The lowest BCUT2D eigenvalue weighted by Crippen LogP contribution is -2.37. The van der Waals surface area contributed by atoms with Crippen LogP contribution in [0.3, 0.4) is 0 Å². The smallest absolute Gasteiger partial charge is 0.245 e. The topological polar surface area (TPSA) is 86.8 Å². The predicted octanol–water partition coefficient (Wildman–Crippen LogP) is 2.36. The standard InChI is InChI=1S/C19H23N3O4S/c1-14(23)15-5-7-16(8-6-15)20-19(24)13-22(27(4,25)26)18-11-9-17(10-12-18)21(2)3/h5-12H,13H2,1-4H3,(H,20,24). The Hall–Kier alpha value is -2.87. The maximum absolute atomic E-state index is 12.3. The van der Waals surface area contributed by atoms with Crippen LogP contribution in [0.15, 0.2) is 48.5 Å². The first-order chi connectivity index (χ1) is 12.6. The zero-order chi connectivity index (χ0) is 20.2. The van der Waals surface area contributed by atoms with Gasteiger partial charge in [-0.2, -0.15) is 0 Å². The highest BCUT2D eigenvalue weighted by Gasteiger charge is 2.21. The van der Waals surface area contributed by atoms with Crippen LogP contribution in [0.4, 0.5) is 17.1 Å². The number of nitrogens with zero attached hydrogens (tertiary/aromatic N) is 2. The highest BCUT2D eigenvalue weighted by atomic mass is 32.2. The first-order valence-electron chi connectivity index (χ1n) is 8.24. The fourth-order valence-electron chi connectivity index (χ4n) is 2.44. The van der Waals surface area contributed by atoms with E-state index in [9.17, 15) is 18.0 Å². The molecule has 0 unspecified atom stereocenters. The molecule has 2 rings (SSSR count). The second-order valence-corrected chi connectivity index (χ2v) is 8.27. The van der Waals surface area contributed by atoms with Gasteiger partial charge < -0.3 is 10.2 Å². The van der Waals surface area contributed by atoms with E-state index in [1.807, 2.05) is 19.0 Å². The summed E-state index contributed by atoms with van der Waals surface area (Å²) in [6.45, 7) is 1.10. The van der Waals surface area contributed by atoms with Gasteiger partial charge in [-0.1, -0.05) is 0 Å². The van der Waals surface area contributed by atoms with Gasteiger partial charge >= 0.3 is 0 Å². The number of anilines is 3. The van der Waals surface area contributed by atoms with Crippen molar-refractivity contribution < 1.29 is 18.0 Å². The molecule has 27 heavy (non-hydrogen) atoms. The lowest BCUT2D eigenvalue weighted by Gasteiger charge is -2.23. The van der Waals surface area contributed by atoms with Gasteiger partial charge in [0.15, 0.2) is 5.78 Å². The summed E-state index contributed by atoms with van der Waals surface area (Å²) in [5.74, 6) is -0.551. The minimum absolute atomic E-state index is 0.0719. The molecule has 7 nitrogen and oxygen atoms in total. The molecule has 0 fully saturated rings. The van der Waals surface area contributed by atoms with Crippen molar-refractivity contribution in [3.05, 3.63) is 54.1 Å². The van der Waals surface area contributed by atoms with Crippen LogP contribution >= 0.6 is 0 Å². The summed E-state index contributed by atoms with van der Waals surface area (Å²) in [5, 5.41) is 2.65. The number of nitrogens with one attached hydrogen (secondary N) is 1. The number of sulfonamides is 1. The van der Waals surface area contributed by atoms with Gasteiger partial charge in [0, 0.05) is 31.0 Å². The molecule has 0 aliphatic carbocycles. The highest BCUT2D eigenvalue weighted by Crippen LogP contribution is 2.21. The third kappa shape index (κ3) is 5.55. The van der Waals surface area contributed by atoms with Crippen molar-refractivity contribution in [3.63, 3.8) is 0 Å². The van der Waals surface area contributed by atoms with Crippen LogP contribution in [-0.2, 0) is 14.8 Å². The lowest BCUT2D eigenvalue weighted by molar-refractivity contribution is -0.114. The zero-order valence-corrected chi connectivity index (χ0v) is 16.6. The molecule has 0 saturated carbocycles. The second-order valence-electron chi connectivity index (χ2n) is 6.36. The summed E-state index contributed by atoms with van der Waals surface area (Å²) < 4.78 is 25.4. The van der Waals surface area contributed by atoms with Gasteiger partial charge in [-0.3, -0.25) is 13.9 Å². The van der Waals surface area contributed by atoms with E-state index in [0.29, 0.717) is 16.9 Å². The predicted molar refractivity (Wildman–Crippen MR) is 108 cm³/mol. The summed E-state index contributed by atoms with van der Waals surface area (Å²) in [6.07, 6.45) is 1.06. The number of hydrogen-bond acceptors (Lipinski definition) is 5.